The second kappa shape index (κ2) is 10.4. The van der Waals surface area contributed by atoms with E-state index in [1.54, 1.807) is 13.1 Å². The molecule has 1 heterocycles. The molecule has 0 bridgehead atoms. The van der Waals surface area contributed by atoms with Crippen LogP contribution in [0.25, 0.3) is 0 Å². The molecule has 0 fully saturated rings. The van der Waals surface area contributed by atoms with Crippen LogP contribution in [0.4, 0.5) is 24.5 Å². The van der Waals surface area contributed by atoms with Crippen molar-refractivity contribution in [3.8, 4) is 0 Å². The van der Waals surface area contributed by atoms with Crippen LogP contribution in [0.5, 0.6) is 0 Å². The third-order valence-electron chi connectivity index (χ3n) is 5.17. The first kappa shape index (κ1) is 23.4. The highest BCUT2D eigenvalue weighted by molar-refractivity contribution is 7.99. The molecule has 0 atom stereocenters. The van der Waals surface area contributed by atoms with Gasteiger partial charge in [0.05, 0.1) is 23.5 Å². The third kappa shape index (κ3) is 5.93. The van der Waals surface area contributed by atoms with E-state index >= 15 is 0 Å². The molecule has 0 spiro atoms. The van der Waals surface area contributed by atoms with E-state index < -0.39 is 11.7 Å². The van der Waals surface area contributed by atoms with Crippen LogP contribution in [0.3, 0.4) is 0 Å². The zero-order chi connectivity index (χ0) is 22.4. The van der Waals surface area contributed by atoms with Gasteiger partial charge in [-0.2, -0.15) is 13.2 Å². The fourth-order valence-electron chi connectivity index (χ4n) is 3.53. The summed E-state index contributed by atoms with van der Waals surface area (Å²) in [6.45, 7) is 2.85. The van der Waals surface area contributed by atoms with E-state index in [2.05, 4.69) is 4.90 Å². The number of halogens is 3. The van der Waals surface area contributed by atoms with E-state index in [9.17, 15) is 23.1 Å². The third-order valence-corrected chi connectivity index (χ3v) is 6.30. The van der Waals surface area contributed by atoms with Crippen LogP contribution in [0.1, 0.15) is 12.0 Å². The second-order valence-electron chi connectivity index (χ2n) is 7.41. The number of amides is 1. The number of aliphatic hydroxyl groups is 1. The number of benzene rings is 2. The van der Waals surface area contributed by atoms with Crippen molar-refractivity contribution in [3.63, 3.8) is 0 Å². The number of carbonyl (C=O) groups excluding carboxylic acids is 1. The topological polar surface area (TPSA) is 47.0 Å². The molecule has 5 nitrogen and oxygen atoms in total. The van der Waals surface area contributed by atoms with Gasteiger partial charge in [-0.1, -0.05) is 23.9 Å². The molecule has 1 amide bonds. The zero-order valence-electron chi connectivity index (χ0n) is 17.3. The van der Waals surface area contributed by atoms with Gasteiger partial charge in [-0.15, -0.1) is 0 Å². The van der Waals surface area contributed by atoms with Gasteiger partial charge in [-0.05, 0) is 43.3 Å². The number of aliphatic hydroxyl groups excluding tert-OH is 1. The van der Waals surface area contributed by atoms with Crippen LogP contribution >= 0.6 is 11.8 Å². The Morgan fingerprint density at radius 2 is 1.77 bits per heavy atom. The fourth-order valence-corrected chi connectivity index (χ4v) is 4.60. The Hall–Kier alpha value is -2.23. The average molecular weight is 454 g/mol. The second-order valence-corrected chi connectivity index (χ2v) is 8.49. The van der Waals surface area contributed by atoms with E-state index in [1.807, 2.05) is 29.2 Å². The van der Waals surface area contributed by atoms with Crippen LogP contribution in [0, 0.1) is 0 Å². The summed E-state index contributed by atoms with van der Waals surface area (Å²) in [5, 5.41) is 9.33. The number of alkyl halides is 3. The molecule has 31 heavy (non-hydrogen) atoms. The van der Waals surface area contributed by atoms with Crippen molar-refractivity contribution >= 4 is 29.5 Å². The molecular formula is C22H26F3N3O2S. The Kier molecular flexibility index (Phi) is 7.85. The van der Waals surface area contributed by atoms with Crippen LogP contribution in [0.15, 0.2) is 52.3 Å². The van der Waals surface area contributed by atoms with Gasteiger partial charge in [-0.25, -0.2) is 0 Å². The van der Waals surface area contributed by atoms with Crippen LogP contribution < -0.4 is 4.90 Å². The lowest BCUT2D eigenvalue weighted by Gasteiger charge is -2.34. The highest BCUT2D eigenvalue weighted by Gasteiger charge is 2.33. The predicted molar refractivity (Wildman–Crippen MR) is 116 cm³/mol. The van der Waals surface area contributed by atoms with Crippen molar-refractivity contribution in [1.29, 1.82) is 0 Å². The minimum absolute atomic E-state index is 0.00572. The Morgan fingerprint density at radius 3 is 2.48 bits per heavy atom. The van der Waals surface area contributed by atoms with Crippen LogP contribution in [-0.2, 0) is 11.0 Å². The van der Waals surface area contributed by atoms with Gasteiger partial charge >= 0.3 is 6.18 Å². The molecule has 2 aromatic rings. The molecule has 0 saturated carbocycles. The van der Waals surface area contributed by atoms with Gasteiger partial charge < -0.3 is 14.9 Å². The monoisotopic (exact) mass is 453 g/mol. The molecule has 9 heteroatoms. The molecule has 168 valence electrons. The molecule has 1 aliphatic rings. The zero-order valence-corrected chi connectivity index (χ0v) is 18.1. The first-order chi connectivity index (χ1) is 14.8. The Labute approximate surface area is 184 Å². The summed E-state index contributed by atoms with van der Waals surface area (Å²) in [5.74, 6) is 0. The maximum absolute atomic E-state index is 13.3. The van der Waals surface area contributed by atoms with Gasteiger partial charge in [0, 0.05) is 43.0 Å². The standard InChI is InChI=1S/C22H26F3N3O2S/c1-26(16-30)11-12-27(13-14-29)9-4-10-28-18-5-2-3-6-20(18)31-21-8-7-17(15-19(21)28)22(23,24)25/h2-3,5-8,15-16,29H,4,9-14H2,1H3. The van der Waals surface area contributed by atoms with E-state index in [4.69, 9.17) is 0 Å². The largest absolute Gasteiger partial charge is 0.416 e. The van der Waals surface area contributed by atoms with E-state index in [0.717, 1.165) is 28.0 Å². The molecule has 3 rings (SSSR count). The van der Waals surface area contributed by atoms with Gasteiger partial charge in [0.15, 0.2) is 0 Å². The van der Waals surface area contributed by atoms with Gasteiger partial charge in [0.25, 0.3) is 0 Å². The number of hydrogen-bond acceptors (Lipinski definition) is 5. The van der Waals surface area contributed by atoms with Gasteiger partial charge in [-0.3, -0.25) is 9.69 Å². The van der Waals surface area contributed by atoms with Crippen molar-refractivity contribution in [2.45, 2.75) is 22.4 Å². The smallest absolute Gasteiger partial charge is 0.395 e. The molecular weight excluding hydrogens is 427 g/mol. The summed E-state index contributed by atoms with van der Waals surface area (Å²) in [4.78, 5) is 18.1. The Morgan fingerprint density at radius 1 is 1.03 bits per heavy atom. The van der Waals surface area contributed by atoms with Crippen LogP contribution in [-0.4, -0.2) is 67.7 Å². The highest BCUT2D eigenvalue weighted by atomic mass is 32.2. The van der Waals surface area contributed by atoms with Crippen molar-refractivity contribution in [3.05, 3.63) is 48.0 Å². The van der Waals surface area contributed by atoms with Crippen molar-refractivity contribution in [2.24, 2.45) is 0 Å². The predicted octanol–water partition coefficient (Wildman–Crippen LogP) is 4.08. The molecule has 0 radical (unpaired) electrons. The maximum Gasteiger partial charge on any atom is 0.416 e. The number of nitrogens with zero attached hydrogens (tertiary/aromatic N) is 3. The van der Waals surface area contributed by atoms with Gasteiger partial charge in [0.2, 0.25) is 6.41 Å². The Balaban J connectivity index is 1.77. The molecule has 0 aromatic heterocycles. The summed E-state index contributed by atoms with van der Waals surface area (Å²) in [6.07, 6.45) is -2.95. The molecule has 2 aromatic carbocycles. The van der Waals surface area contributed by atoms with E-state index in [-0.39, 0.29) is 6.61 Å². The number of para-hydroxylation sites is 1. The lowest BCUT2D eigenvalue weighted by Crippen LogP contribution is -2.36. The molecule has 0 aliphatic carbocycles. The quantitative estimate of drug-likeness (QED) is 0.550. The number of fused-ring (bicyclic) bond motifs is 2. The first-order valence-electron chi connectivity index (χ1n) is 10.1. The summed E-state index contributed by atoms with van der Waals surface area (Å²) in [5.41, 5.74) is 0.802. The lowest BCUT2D eigenvalue weighted by atomic mass is 10.1. The van der Waals surface area contributed by atoms with E-state index in [1.165, 1.54) is 22.7 Å². The SMILES string of the molecule is CN(C=O)CCN(CCO)CCCN1c2ccccc2Sc2ccc(C(F)(F)F)cc21. The Bertz CT molecular complexity index is 895. The summed E-state index contributed by atoms with van der Waals surface area (Å²) in [6, 6.07) is 11.6. The van der Waals surface area contributed by atoms with Crippen molar-refractivity contribution in [2.75, 3.05) is 51.3 Å². The number of anilines is 2. The van der Waals surface area contributed by atoms with E-state index in [0.29, 0.717) is 44.8 Å². The molecule has 0 unspecified atom stereocenters. The number of rotatable bonds is 10. The van der Waals surface area contributed by atoms with Crippen molar-refractivity contribution < 1.29 is 23.1 Å². The van der Waals surface area contributed by atoms with Crippen molar-refractivity contribution in [1.82, 2.24) is 9.80 Å². The average Bonchev–Trinajstić information content (AvgIpc) is 2.75. The summed E-state index contributed by atoms with van der Waals surface area (Å²) in [7, 11) is 1.70. The lowest BCUT2D eigenvalue weighted by molar-refractivity contribution is -0.137. The normalized spacial score (nSPS) is 13.2. The first-order valence-corrected chi connectivity index (χ1v) is 10.9. The number of likely N-dealkylation sites (N-methyl/N-ethyl adjacent to an activating group) is 1. The minimum Gasteiger partial charge on any atom is -0.395 e. The molecule has 0 saturated heterocycles. The van der Waals surface area contributed by atoms with Gasteiger partial charge in [0.1, 0.15) is 0 Å². The number of carbonyl (C=O) groups is 1. The fraction of sp³-hybridized carbons (Fsp3) is 0.409. The number of hydrogen-bond donors (Lipinski definition) is 1. The highest BCUT2D eigenvalue weighted by Crippen LogP contribution is 2.49. The van der Waals surface area contributed by atoms with Crippen LogP contribution in [0.2, 0.25) is 0 Å². The summed E-state index contributed by atoms with van der Waals surface area (Å²) >= 11 is 1.48. The minimum atomic E-state index is -4.40. The maximum atomic E-state index is 13.3. The molecule has 1 aliphatic heterocycles. The molecule has 1 N–H and O–H groups in total. The summed E-state index contributed by atoms with van der Waals surface area (Å²) < 4.78 is 40.0.